The predicted molar refractivity (Wildman–Crippen MR) is 121 cm³/mol. The number of nitriles is 1. The van der Waals surface area contributed by atoms with Crippen LogP contribution >= 0.6 is 0 Å². The number of hydrogen-bond donors (Lipinski definition) is 0. The molecule has 0 spiro atoms. The van der Waals surface area contributed by atoms with Crippen molar-refractivity contribution in [3.05, 3.63) is 71.9 Å². The molecule has 0 saturated heterocycles. The Bertz CT molecular complexity index is 1320. The van der Waals surface area contributed by atoms with E-state index in [1.165, 1.54) is 4.90 Å². The van der Waals surface area contributed by atoms with Gasteiger partial charge in [0.1, 0.15) is 29.9 Å². The number of aromatic nitrogens is 1. The minimum atomic E-state index is -0.497. The Hall–Kier alpha value is -4.18. The second-order valence-electron chi connectivity index (χ2n) is 7.39. The number of nitrogens with zero attached hydrogens (tertiary/aromatic N) is 3. The van der Waals surface area contributed by atoms with Crippen molar-refractivity contribution < 1.29 is 19.0 Å². The Balaban J connectivity index is 1.78. The van der Waals surface area contributed by atoms with Crippen molar-refractivity contribution in [2.75, 3.05) is 20.7 Å². The Labute approximate surface area is 185 Å². The summed E-state index contributed by atoms with van der Waals surface area (Å²) < 4.78 is 19.0. The molecule has 7 heteroatoms. The number of rotatable bonds is 6. The molecule has 2 heterocycles. The fraction of sp³-hybridized carbons (Fsp3) is 0.200. The highest BCUT2D eigenvalue weighted by Crippen LogP contribution is 2.37. The van der Waals surface area contributed by atoms with E-state index in [0.29, 0.717) is 29.1 Å². The molecular weight excluding hydrogens is 406 g/mol. The van der Waals surface area contributed by atoms with Gasteiger partial charge < -0.3 is 23.5 Å². The topological polar surface area (TPSA) is 76.2 Å². The van der Waals surface area contributed by atoms with Gasteiger partial charge in [-0.15, -0.1) is 0 Å². The van der Waals surface area contributed by atoms with Crippen LogP contribution in [0.3, 0.4) is 0 Å². The summed E-state index contributed by atoms with van der Waals surface area (Å²) in [5, 5.41) is 10.6. The van der Waals surface area contributed by atoms with Gasteiger partial charge >= 0.3 is 6.09 Å². The molecule has 2 aromatic heterocycles. The Kier molecular flexibility index (Phi) is 5.86. The zero-order valence-corrected chi connectivity index (χ0v) is 18.2. The first kappa shape index (κ1) is 21.1. The summed E-state index contributed by atoms with van der Waals surface area (Å²) in [6.07, 6.45) is 1.37. The molecule has 0 fully saturated rings. The number of fused-ring (bicyclic) bond motifs is 3. The lowest BCUT2D eigenvalue weighted by molar-refractivity contribution is 0.171. The highest BCUT2D eigenvalue weighted by molar-refractivity contribution is 6.00. The van der Waals surface area contributed by atoms with E-state index >= 15 is 0 Å². The number of carbonyl (C=O) groups is 1. The maximum Gasteiger partial charge on any atom is 0.414 e. The van der Waals surface area contributed by atoms with E-state index < -0.39 is 6.09 Å². The van der Waals surface area contributed by atoms with Crippen molar-refractivity contribution in [1.29, 1.82) is 5.26 Å². The first-order valence-electron chi connectivity index (χ1n) is 10.2. The van der Waals surface area contributed by atoms with Crippen LogP contribution in [0.1, 0.15) is 18.1 Å². The molecule has 162 valence electrons. The Morgan fingerprint density at radius 3 is 2.50 bits per heavy atom. The lowest BCUT2D eigenvalue weighted by atomic mass is 10.1. The van der Waals surface area contributed by atoms with Crippen LogP contribution in [0.5, 0.6) is 17.2 Å². The molecule has 0 N–H and O–H groups in total. The molecule has 0 radical (unpaired) electrons. The van der Waals surface area contributed by atoms with Crippen molar-refractivity contribution in [3.63, 3.8) is 0 Å². The number of pyridine rings is 1. The lowest BCUT2D eigenvalue weighted by Gasteiger charge is -2.14. The van der Waals surface area contributed by atoms with Crippen LogP contribution in [0.15, 0.2) is 60.8 Å². The van der Waals surface area contributed by atoms with Gasteiger partial charge in [-0.25, -0.2) is 4.79 Å². The summed E-state index contributed by atoms with van der Waals surface area (Å²) in [5.74, 6) is 1.60. The maximum absolute atomic E-state index is 12.1. The van der Waals surface area contributed by atoms with Gasteiger partial charge in [0.25, 0.3) is 0 Å². The van der Waals surface area contributed by atoms with Gasteiger partial charge in [0.2, 0.25) is 0 Å². The molecule has 0 bridgehead atoms. The minimum absolute atomic E-state index is 0.281. The normalized spacial score (nSPS) is 10.7. The van der Waals surface area contributed by atoms with E-state index in [2.05, 4.69) is 6.07 Å². The van der Waals surface area contributed by atoms with E-state index in [1.807, 2.05) is 60.0 Å². The predicted octanol–water partition coefficient (Wildman–Crippen LogP) is 5.00. The average Bonchev–Trinajstić information content (AvgIpc) is 3.12. The van der Waals surface area contributed by atoms with Crippen LogP contribution in [0.2, 0.25) is 0 Å². The number of benzene rings is 2. The van der Waals surface area contributed by atoms with Gasteiger partial charge in [0.15, 0.2) is 0 Å². The molecule has 1 amide bonds. The van der Waals surface area contributed by atoms with E-state index in [4.69, 9.17) is 14.2 Å². The second kappa shape index (κ2) is 8.90. The highest BCUT2D eigenvalue weighted by atomic mass is 16.6. The second-order valence-corrected chi connectivity index (χ2v) is 7.39. The fourth-order valence-electron chi connectivity index (χ4n) is 3.49. The van der Waals surface area contributed by atoms with Crippen LogP contribution < -0.4 is 14.2 Å². The molecule has 4 aromatic rings. The number of amides is 1. The van der Waals surface area contributed by atoms with Crippen molar-refractivity contribution in [3.8, 4) is 23.3 Å². The van der Waals surface area contributed by atoms with Crippen molar-refractivity contribution in [2.45, 2.75) is 13.5 Å². The SMILES string of the molecule is CCOc1ccc(COc2cc(OC(=O)N(C)C)cc3c2c(C#N)c2ccccn23)cc1. The Morgan fingerprint density at radius 2 is 1.81 bits per heavy atom. The maximum atomic E-state index is 12.1. The standard InChI is InChI=1S/C25H23N3O4/c1-4-30-18-10-8-17(9-11-18)16-31-23-14-19(32-25(29)27(2)3)13-22-24(23)20(15-26)21-7-5-6-12-28(21)22/h5-14H,4,16H2,1-3H3. The molecule has 4 rings (SSSR count). The molecular formula is C25H23N3O4. The summed E-state index contributed by atoms with van der Waals surface area (Å²) >= 11 is 0. The van der Waals surface area contributed by atoms with Gasteiger partial charge in [-0.2, -0.15) is 5.26 Å². The molecule has 0 aliphatic carbocycles. The molecule has 0 saturated carbocycles. The number of hydrogen-bond acceptors (Lipinski definition) is 5. The van der Waals surface area contributed by atoms with Crippen molar-refractivity contribution >= 4 is 22.5 Å². The third kappa shape index (κ3) is 4.03. The third-order valence-corrected chi connectivity index (χ3v) is 4.99. The molecule has 0 aliphatic heterocycles. The van der Waals surface area contributed by atoms with E-state index in [9.17, 15) is 10.1 Å². The summed E-state index contributed by atoms with van der Waals surface area (Å²) in [6.45, 7) is 2.82. The molecule has 0 unspecified atom stereocenters. The van der Waals surface area contributed by atoms with E-state index in [0.717, 1.165) is 22.3 Å². The van der Waals surface area contributed by atoms with Gasteiger partial charge in [0.05, 0.1) is 28.6 Å². The van der Waals surface area contributed by atoms with Crippen LogP contribution in [0, 0.1) is 11.3 Å². The van der Waals surface area contributed by atoms with Crippen LogP contribution in [-0.4, -0.2) is 36.1 Å². The van der Waals surface area contributed by atoms with Gasteiger partial charge in [-0.3, -0.25) is 0 Å². The minimum Gasteiger partial charge on any atom is -0.494 e. The molecule has 0 atom stereocenters. The number of carbonyl (C=O) groups excluding carboxylic acids is 1. The smallest absolute Gasteiger partial charge is 0.414 e. The van der Waals surface area contributed by atoms with Crippen molar-refractivity contribution in [1.82, 2.24) is 9.30 Å². The van der Waals surface area contributed by atoms with E-state index in [1.54, 1.807) is 26.2 Å². The molecule has 32 heavy (non-hydrogen) atoms. The molecule has 7 nitrogen and oxygen atoms in total. The van der Waals surface area contributed by atoms with Crippen LogP contribution in [0.4, 0.5) is 4.79 Å². The largest absolute Gasteiger partial charge is 0.494 e. The van der Waals surface area contributed by atoms with Crippen LogP contribution in [0.25, 0.3) is 16.4 Å². The summed E-state index contributed by atoms with van der Waals surface area (Å²) in [4.78, 5) is 13.5. The van der Waals surface area contributed by atoms with Crippen LogP contribution in [-0.2, 0) is 6.61 Å². The first-order chi connectivity index (χ1) is 15.5. The summed E-state index contributed by atoms with van der Waals surface area (Å²) in [5.41, 5.74) is 2.93. The van der Waals surface area contributed by atoms with Gasteiger partial charge in [0, 0.05) is 32.4 Å². The van der Waals surface area contributed by atoms with Gasteiger partial charge in [-0.1, -0.05) is 18.2 Å². The van der Waals surface area contributed by atoms with Crippen molar-refractivity contribution in [2.24, 2.45) is 0 Å². The average molecular weight is 429 g/mol. The first-order valence-corrected chi connectivity index (χ1v) is 10.2. The van der Waals surface area contributed by atoms with Gasteiger partial charge in [-0.05, 0) is 36.8 Å². The monoisotopic (exact) mass is 429 g/mol. The zero-order chi connectivity index (χ0) is 22.7. The Morgan fingerprint density at radius 1 is 1.03 bits per heavy atom. The lowest BCUT2D eigenvalue weighted by Crippen LogP contribution is -2.25. The summed E-state index contributed by atoms with van der Waals surface area (Å²) in [7, 11) is 3.23. The number of ether oxygens (including phenoxy) is 3. The quantitative estimate of drug-likeness (QED) is 0.431. The highest BCUT2D eigenvalue weighted by Gasteiger charge is 2.19. The third-order valence-electron chi connectivity index (χ3n) is 4.99. The fourth-order valence-corrected chi connectivity index (χ4v) is 3.49. The van der Waals surface area contributed by atoms with E-state index in [-0.39, 0.29) is 6.61 Å². The molecule has 2 aromatic carbocycles. The zero-order valence-electron chi connectivity index (χ0n) is 18.2. The molecule has 0 aliphatic rings. The summed E-state index contributed by atoms with van der Waals surface area (Å²) in [6, 6.07) is 19.0.